The van der Waals surface area contributed by atoms with E-state index in [0.717, 1.165) is 50.1 Å². The van der Waals surface area contributed by atoms with Crippen molar-refractivity contribution < 1.29 is 4.42 Å². The third kappa shape index (κ3) is 5.11. The van der Waals surface area contributed by atoms with Crippen LogP contribution in [0.25, 0.3) is 127 Å². The molecule has 0 aliphatic rings. The van der Waals surface area contributed by atoms with Gasteiger partial charge in [-0.3, -0.25) is 0 Å². The molecule has 0 bridgehead atoms. The number of aromatic nitrogens is 3. The van der Waals surface area contributed by atoms with Gasteiger partial charge in [-0.2, -0.15) is 0 Å². The van der Waals surface area contributed by atoms with Crippen molar-refractivity contribution in [1.82, 2.24) is 13.7 Å². The molecule has 4 heterocycles. The molecular formula is C60H37N3O. The van der Waals surface area contributed by atoms with Gasteiger partial charge in [0.05, 0.1) is 33.1 Å². The highest BCUT2D eigenvalue weighted by molar-refractivity contribution is 6.14. The Morgan fingerprint density at radius 3 is 1.17 bits per heavy atom. The van der Waals surface area contributed by atoms with Crippen LogP contribution in [0.5, 0.6) is 0 Å². The van der Waals surface area contributed by atoms with Crippen LogP contribution in [0.4, 0.5) is 0 Å². The standard InChI is InChI=1S/C60H37N3O/c1-2-15-42(16-3-1)61-57-29-25-40(34-49(57)50-36-43(27-30-58(50)61)62-53-21-8-4-17-45(53)46-18-5-9-22-54(46)62)38-13-12-14-39(33-38)41-26-31-59-51(35-41)52-37-44(28-32-60(52)64-59)63-55-23-10-6-19-47(55)48-20-7-11-24-56(48)63/h1-37H. The second kappa shape index (κ2) is 13.4. The first-order chi connectivity index (χ1) is 31.7. The Bertz CT molecular complexity index is 4090. The summed E-state index contributed by atoms with van der Waals surface area (Å²) in [5.41, 5.74) is 17.0. The molecule has 0 saturated heterocycles. The summed E-state index contributed by atoms with van der Waals surface area (Å²) in [7, 11) is 0. The number of furan rings is 1. The fourth-order valence-corrected chi connectivity index (χ4v) is 10.5. The Morgan fingerprint density at radius 1 is 0.219 bits per heavy atom. The number of rotatable bonds is 5. The first-order valence-electron chi connectivity index (χ1n) is 21.9. The number of hydrogen-bond acceptors (Lipinski definition) is 1. The van der Waals surface area contributed by atoms with Crippen LogP contribution < -0.4 is 0 Å². The molecule has 0 N–H and O–H groups in total. The first kappa shape index (κ1) is 35.0. The normalized spacial score (nSPS) is 12.1. The quantitative estimate of drug-likeness (QED) is 0.170. The van der Waals surface area contributed by atoms with E-state index in [0.29, 0.717) is 0 Å². The molecule has 0 unspecified atom stereocenters. The van der Waals surface area contributed by atoms with Crippen LogP contribution in [0.2, 0.25) is 0 Å². The molecule has 0 spiro atoms. The Labute approximate surface area is 367 Å². The van der Waals surface area contributed by atoms with Crippen molar-refractivity contribution in [2.45, 2.75) is 0 Å². The SMILES string of the molecule is c1ccc(-n2c3ccc(-c4cccc(-c5ccc6oc7ccc(-n8c9ccccc9c9ccccc98)cc7c6c5)c4)cc3c3cc(-n4c5ccccc5c5ccccc54)ccc32)cc1. The zero-order valence-electron chi connectivity index (χ0n) is 34.6. The molecule has 4 aromatic heterocycles. The van der Waals surface area contributed by atoms with Gasteiger partial charge in [0.25, 0.3) is 0 Å². The van der Waals surface area contributed by atoms with Gasteiger partial charge in [0, 0.05) is 60.2 Å². The molecule has 0 atom stereocenters. The molecule has 0 aliphatic heterocycles. The van der Waals surface area contributed by atoms with Crippen molar-refractivity contribution in [3.05, 3.63) is 224 Å². The van der Waals surface area contributed by atoms with Crippen LogP contribution in [-0.4, -0.2) is 13.7 Å². The summed E-state index contributed by atoms with van der Waals surface area (Å²) in [6.45, 7) is 0. The van der Waals surface area contributed by atoms with Gasteiger partial charge in [0.1, 0.15) is 11.2 Å². The molecule has 0 saturated carbocycles. The maximum atomic E-state index is 6.45. The van der Waals surface area contributed by atoms with Crippen LogP contribution in [0.15, 0.2) is 229 Å². The monoisotopic (exact) mass is 815 g/mol. The van der Waals surface area contributed by atoms with Crippen LogP contribution >= 0.6 is 0 Å². The molecule has 0 amide bonds. The topological polar surface area (TPSA) is 27.9 Å². The molecule has 0 radical (unpaired) electrons. The minimum Gasteiger partial charge on any atom is -0.456 e. The first-order valence-corrected chi connectivity index (χ1v) is 21.9. The molecule has 14 aromatic rings. The summed E-state index contributed by atoms with van der Waals surface area (Å²) in [5.74, 6) is 0. The molecule has 0 aliphatic carbocycles. The average Bonchev–Trinajstić information content (AvgIpc) is 4.10. The van der Waals surface area contributed by atoms with E-state index in [2.05, 4.69) is 238 Å². The van der Waals surface area contributed by atoms with Crippen molar-refractivity contribution in [3.63, 3.8) is 0 Å². The molecule has 0 fully saturated rings. The smallest absolute Gasteiger partial charge is 0.135 e. The van der Waals surface area contributed by atoms with Gasteiger partial charge in [-0.15, -0.1) is 0 Å². The lowest BCUT2D eigenvalue weighted by Crippen LogP contribution is -1.95. The second-order valence-electron chi connectivity index (χ2n) is 16.9. The highest BCUT2D eigenvalue weighted by Gasteiger charge is 2.19. The number of para-hydroxylation sites is 5. The fraction of sp³-hybridized carbons (Fsp3) is 0. The third-order valence-corrected chi connectivity index (χ3v) is 13.4. The second-order valence-corrected chi connectivity index (χ2v) is 16.9. The van der Waals surface area contributed by atoms with Crippen molar-refractivity contribution in [2.24, 2.45) is 0 Å². The Hall–Kier alpha value is -8.60. The molecule has 298 valence electrons. The molecule has 4 nitrogen and oxygen atoms in total. The summed E-state index contributed by atoms with van der Waals surface area (Å²) >= 11 is 0. The van der Waals surface area contributed by atoms with Crippen molar-refractivity contribution in [1.29, 1.82) is 0 Å². The predicted octanol–water partition coefficient (Wildman–Crippen LogP) is 16.2. The lowest BCUT2D eigenvalue weighted by Gasteiger charge is -2.10. The van der Waals surface area contributed by atoms with E-state index in [-0.39, 0.29) is 0 Å². The average molecular weight is 816 g/mol. The molecular weight excluding hydrogens is 779 g/mol. The number of fused-ring (bicyclic) bond motifs is 12. The number of nitrogens with zero attached hydrogens (tertiary/aromatic N) is 3. The minimum atomic E-state index is 0.884. The van der Waals surface area contributed by atoms with Gasteiger partial charge >= 0.3 is 0 Å². The van der Waals surface area contributed by atoms with E-state index < -0.39 is 0 Å². The minimum absolute atomic E-state index is 0.884. The lowest BCUT2D eigenvalue weighted by atomic mass is 9.97. The van der Waals surface area contributed by atoms with E-state index >= 15 is 0 Å². The summed E-state index contributed by atoms with van der Waals surface area (Å²) in [6.07, 6.45) is 0. The van der Waals surface area contributed by atoms with Crippen molar-refractivity contribution >= 4 is 87.4 Å². The van der Waals surface area contributed by atoms with Gasteiger partial charge in [0.2, 0.25) is 0 Å². The molecule has 14 rings (SSSR count). The fourth-order valence-electron chi connectivity index (χ4n) is 10.5. The van der Waals surface area contributed by atoms with Crippen molar-refractivity contribution in [3.8, 4) is 39.3 Å². The lowest BCUT2D eigenvalue weighted by molar-refractivity contribution is 0.669. The Kier molecular flexibility index (Phi) is 7.36. The summed E-state index contributed by atoms with van der Waals surface area (Å²) in [4.78, 5) is 0. The van der Waals surface area contributed by atoms with E-state index in [1.807, 2.05) is 0 Å². The highest BCUT2D eigenvalue weighted by Crippen LogP contribution is 2.41. The summed E-state index contributed by atoms with van der Waals surface area (Å²) < 4.78 is 13.6. The maximum Gasteiger partial charge on any atom is 0.135 e. The van der Waals surface area contributed by atoms with Crippen LogP contribution in [0.3, 0.4) is 0 Å². The van der Waals surface area contributed by atoms with Crippen LogP contribution in [-0.2, 0) is 0 Å². The third-order valence-electron chi connectivity index (χ3n) is 13.4. The predicted molar refractivity (Wildman–Crippen MR) is 268 cm³/mol. The summed E-state index contributed by atoms with van der Waals surface area (Å²) in [6, 6.07) is 81.5. The highest BCUT2D eigenvalue weighted by atomic mass is 16.3. The van der Waals surface area contributed by atoms with Gasteiger partial charge in [-0.05, 0) is 125 Å². The summed E-state index contributed by atoms with van der Waals surface area (Å²) in [5, 5.41) is 9.67. The van der Waals surface area contributed by atoms with Gasteiger partial charge in [-0.1, -0.05) is 121 Å². The number of benzene rings is 10. The molecule has 4 heteroatoms. The largest absolute Gasteiger partial charge is 0.456 e. The van der Waals surface area contributed by atoms with Gasteiger partial charge in [0.15, 0.2) is 0 Å². The maximum absolute atomic E-state index is 6.45. The zero-order valence-corrected chi connectivity index (χ0v) is 34.6. The van der Waals surface area contributed by atoms with E-state index in [4.69, 9.17) is 4.42 Å². The van der Waals surface area contributed by atoms with E-state index in [9.17, 15) is 0 Å². The van der Waals surface area contributed by atoms with E-state index in [1.165, 1.54) is 76.5 Å². The Balaban J connectivity index is 0.906. The van der Waals surface area contributed by atoms with Crippen LogP contribution in [0, 0.1) is 0 Å². The zero-order chi connectivity index (χ0) is 41.9. The van der Waals surface area contributed by atoms with Crippen molar-refractivity contribution in [2.75, 3.05) is 0 Å². The molecule has 10 aromatic carbocycles. The Morgan fingerprint density at radius 2 is 0.594 bits per heavy atom. The van der Waals surface area contributed by atoms with Gasteiger partial charge < -0.3 is 18.1 Å². The van der Waals surface area contributed by atoms with E-state index in [1.54, 1.807) is 0 Å². The van der Waals surface area contributed by atoms with Crippen LogP contribution in [0.1, 0.15) is 0 Å². The number of hydrogen-bond donors (Lipinski definition) is 0. The van der Waals surface area contributed by atoms with Gasteiger partial charge in [-0.25, -0.2) is 0 Å². The molecule has 64 heavy (non-hydrogen) atoms.